The van der Waals surface area contributed by atoms with Crippen LogP contribution in [0.2, 0.25) is 0 Å². The third-order valence-corrected chi connectivity index (χ3v) is 3.97. The Bertz CT molecular complexity index is 860. The Morgan fingerprint density at radius 3 is 1.68 bits per heavy atom. The van der Waals surface area contributed by atoms with Gasteiger partial charge >= 0.3 is 19.2 Å². The lowest BCUT2D eigenvalue weighted by atomic mass is 10.7. The molecule has 0 saturated heterocycles. The number of phosphoric acid groups is 1. The Labute approximate surface area is 143 Å². The summed E-state index contributed by atoms with van der Waals surface area (Å²) in [7, 11) is -4.45. The highest BCUT2D eigenvalue weighted by Gasteiger charge is 2.22. The Hall–Kier alpha value is -2.39. The van der Waals surface area contributed by atoms with Crippen molar-refractivity contribution in [3.63, 3.8) is 0 Å². The van der Waals surface area contributed by atoms with Crippen molar-refractivity contribution in [1.82, 2.24) is 18.3 Å². The van der Waals surface area contributed by atoms with E-state index in [0.29, 0.717) is 0 Å². The van der Waals surface area contributed by atoms with Gasteiger partial charge in [-0.1, -0.05) is 12.2 Å². The average Bonchev–Trinajstić information content (AvgIpc) is 3.09. The van der Waals surface area contributed by atoms with Gasteiger partial charge < -0.3 is 4.89 Å². The van der Waals surface area contributed by atoms with E-state index in [9.17, 15) is 19.0 Å². The van der Waals surface area contributed by atoms with Crippen LogP contribution in [-0.2, 0) is 27.1 Å². The summed E-state index contributed by atoms with van der Waals surface area (Å²) in [6, 6.07) is 0. The summed E-state index contributed by atoms with van der Waals surface area (Å²) in [6.07, 6.45) is 12.2. The fourth-order valence-corrected chi connectivity index (χ4v) is 2.52. The number of imidazole rings is 2. The first-order valence-corrected chi connectivity index (χ1v) is 8.79. The molecule has 0 amide bonds. The number of phosphoric ester groups is 1. The molecular weight excluding hydrogens is 351 g/mol. The van der Waals surface area contributed by atoms with Gasteiger partial charge in [-0.05, 0) is 13.8 Å². The van der Waals surface area contributed by atoms with E-state index < -0.39 is 32.7 Å². The van der Waals surface area contributed by atoms with E-state index in [1.807, 2.05) is 0 Å². The molecule has 0 saturated carbocycles. The molecule has 10 nitrogen and oxygen atoms in total. The van der Waals surface area contributed by atoms with Crippen LogP contribution in [0.15, 0.2) is 46.5 Å². The van der Waals surface area contributed by atoms with Crippen LogP contribution in [0.1, 0.15) is 13.8 Å². The van der Waals surface area contributed by atoms with Crippen LogP contribution in [0.25, 0.3) is 12.4 Å². The maximum Gasteiger partial charge on any atom is 0.475 e. The molecule has 0 aliphatic carbocycles. The van der Waals surface area contributed by atoms with Gasteiger partial charge in [-0.15, -0.1) is 0 Å². The molecule has 2 aromatic rings. The molecule has 0 aliphatic rings. The first-order valence-electron chi connectivity index (χ1n) is 7.30. The van der Waals surface area contributed by atoms with Gasteiger partial charge in [-0.3, -0.25) is 27.3 Å². The number of rotatable bonds is 8. The molecule has 11 heteroatoms. The van der Waals surface area contributed by atoms with E-state index in [-0.39, 0.29) is 0 Å². The van der Waals surface area contributed by atoms with Crippen molar-refractivity contribution in [2.75, 3.05) is 0 Å². The summed E-state index contributed by atoms with van der Waals surface area (Å²) in [5, 5.41) is 0. The van der Waals surface area contributed by atoms with Crippen molar-refractivity contribution in [1.29, 1.82) is 0 Å². The SMILES string of the molecule is C/C=C/n1ccn(COP(=O)(O)OCn2ccn(/C=C/C)c2=O)c1=O. The van der Waals surface area contributed by atoms with Crippen molar-refractivity contribution >= 4 is 20.2 Å². The highest BCUT2D eigenvalue weighted by Crippen LogP contribution is 2.43. The molecule has 0 unspecified atom stereocenters. The van der Waals surface area contributed by atoms with Gasteiger partial charge in [0.05, 0.1) is 0 Å². The summed E-state index contributed by atoms with van der Waals surface area (Å²) >= 11 is 0. The minimum Gasteiger partial charge on any atom is -0.302 e. The van der Waals surface area contributed by atoms with Crippen molar-refractivity contribution in [3.8, 4) is 0 Å². The monoisotopic (exact) mass is 370 g/mol. The van der Waals surface area contributed by atoms with Crippen LogP contribution in [-0.4, -0.2) is 23.2 Å². The lowest BCUT2D eigenvalue weighted by molar-refractivity contribution is 0.0937. The molecule has 25 heavy (non-hydrogen) atoms. The highest BCUT2D eigenvalue weighted by molar-refractivity contribution is 7.47. The normalized spacial score (nSPS) is 12.6. The van der Waals surface area contributed by atoms with E-state index in [1.165, 1.54) is 46.3 Å². The summed E-state index contributed by atoms with van der Waals surface area (Å²) < 4.78 is 26.2. The minimum atomic E-state index is -4.45. The molecule has 0 bridgehead atoms. The molecule has 0 aliphatic heterocycles. The van der Waals surface area contributed by atoms with Crippen molar-refractivity contribution in [2.24, 2.45) is 0 Å². The predicted octanol–water partition coefficient (Wildman–Crippen LogP) is 1.34. The Balaban J connectivity index is 1.97. The Morgan fingerprint density at radius 1 is 0.920 bits per heavy atom. The summed E-state index contributed by atoms with van der Waals surface area (Å²) in [5.74, 6) is 0. The lowest BCUT2D eigenvalue weighted by Crippen LogP contribution is -2.23. The molecule has 2 aromatic heterocycles. The third kappa shape index (κ3) is 4.80. The first kappa shape index (κ1) is 18.9. The zero-order chi connectivity index (χ0) is 18.4. The molecule has 0 fully saturated rings. The second kappa shape index (κ2) is 8.13. The molecule has 2 rings (SSSR count). The van der Waals surface area contributed by atoms with E-state index in [1.54, 1.807) is 26.0 Å². The summed E-state index contributed by atoms with van der Waals surface area (Å²) in [5.41, 5.74) is -0.865. The van der Waals surface area contributed by atoms with E-state index in [4.69, 9.17) is 9.05 Å². The van der Waals surface area contributed by atoms with Crippen molar-refractivity contribution in [2.45, 2.75) is 27.3 Å². The largest absolute Gasteiger partial charge is 0.475 e. The van der Waals surface area contributed by atoms with Gasteiger partial charge in [-0.25, -0.2) is 14.2 Å². The van der Waals surface area contributed by atoms with Gasteiger partial charge in [0.2, 0.25) is 0 Å². The molecule has 0 aromatic carbocycles. The number of hydrogen-bond donors (Lipinski definition) is 1. The van der Waals surface area contributed by atoms with Crippen LogP contribution in [0.4, 0.5) is 0 Å². The first-order chi connectivity index (χ1) is 11.9. The van der Waals surface area contributed by atoms with Crippen LogP contribution >= 0.6 is 7.82 Å². The van der Waals surface area contributed by atoms with E-state index >= 15 is 0 Å². The average molecular weight is 370 g/mol. The number of allylic oxidation sites excluding steroid dienone is 2. The Morgan fingerprint density at radius 2 is 1.32 bits per heavy atom. The van der Waals surface area contributed by atoms with E-state index in [2.05, 4.69) is 0 Å². The summed E-state index contributed by atoms with van der Waals surface area (Å²) in [4.78, 5) is 33.5. The van der Waals surface area contributed by atoms with Crippen LogP contribution in [0.3, 0.4) is 0 Å². The fraction of sp³-hybridized carbons (Fsp3) is 0.286. The van der Waals surface area contributed by atoms with Gasteiger partial charge in [0, 0.05) is 37.2 Å². The van der Waals surface area contributed by atoms with Gasteiger partial charge in [0.1, 0.15) is 13.5 Å². The number of hydrogen-bond acceptors (Lipinski definition) is 5. The standard InChI is InChI=1S/C14H19N4O6P/c1-3-5-15-7-9-17(13(15)19)11-23-25(21,22)24-12-18-10-8-16(6-4-2)14(18)20/h3-10H,11-12H2,1-2H3,(H,21,22)/b5-3+,6-4+. The van der Waals surface area contributed by atoms with Gasteiger partial charge in [0.25, 0.3) is 0 Å². The molecule has 1 N–H and O–H groups in total. The number of aromatic nitrogens is 4. The summed E-state index contributed by atoms with van der Waals surface area (Å²) in [6.45, 7) is 2.57. The van der Waals surface area contributed by atoms with E-state index in [0.717, 1.165) is 9.13 Å². The second-order valence-corrected chi connectivity index (χ2v) is 6.32. The highest BCUT2D eigenvalue weighted by atomic mass is 31.2. The van der Waals surface area contributed by atoms with Gasteiger partial charge in [0.15, 0.2) is 0 Å². The quantitative estimate of drug-likeness (QED) is 0.703. The third-order valence-electron chi connectivity index (χ3n) is 3.09. The van der Waals surface area contributed by atoms with Crippen LogP contribution in [0.5, 0.6) is 0 Å². The smallest absolute Gasteiger partial charge is 0.302 e. The molecule has 0 spiro atoms. The van der Waals surface area contributed by atoms with Crippen LogP contribution in [0, 0.1) is 0 Å². The van der Waals surface area contributed by atoms with Crippen LogP contribution < -0.4 is 11.4 Å². The predicted molar refractivity (Wildman–Crippen MR) is 91.4 cm³/mol. The van der Waals surface area contributed by atoms with Crippen molar-refractivity contribution in [3.05, 3.63) is 57.9 Å². The Kier molecular flexibility index (Phi) is 6.16. The lowest BCUT2D eigenvalue weighted by Gasteiger charge is -2.12. The number of nitrogens with zero attached hydrogens (tertiary/aromatic N) is 4. The van der Waals surface area contributed by atoms with Gasteiger partial charge in [-0.2, -0.15) is 0 Å². The maximum absolute atomic E-state index is 11.9. The second-order valence-electron chi connectivity index (χ2n) is 4.87. The molecule has 0 atom stereocenters. The molecular formula is C14H19N4O6P. The zero-order valence-corrected chi connectivity index (χ0v) is 14.7. The topological polar surface area (TPSA) is 110 Å². The zero-order valence-electron chi connectivity index (χ0n) is 13.8. The minimum absolute atomic E-state index is 0.433. The van der Waals surface area contributed by atoms with Crippen molar-refractivity contribution < 1.29 is 18.5 Å². The fourth-order valence-electron chi connectivity index (χ4n) is 1.91. The molecule has 2 heterocycles. The molecule has 0 radical (unpaired) electrons. The molecule has 136 valence electrons. The maximum atomic E-state index is 11.9.